The van der Waals surface area contributed by atoms with Crippen LogP contribution in [0.15, 0.2) is 48.2 Å². The summed E-state index contributed by atoms with van der Waals surface area (Å²) >= 11 is 0. The fraction of sp³-hybridized carbons (Fsp3) is 0.294. The van der Waals surface area contributed by atoms with Crippen LogP contribution in [0.1, 0.15) is 19.4 Å². The second kappa shape index (κ2) is 6.28. The maximum Gasteiger partial charge on any atom is 0.119 e. The molecule has 0 aromatic heterocycles. The van der Waals surface area contributed by atoms with E-state index in [9.17, 15) is 0 Å². The number of hydrogen-bond donors (Lipinski definition) is 0. The van der Waals surface area contributed by atoms with E-state index < -0.39 is 0 Å². The third-order valence-electron chi connectivity index (χ3n) is 3.11. The van der Waals surface area contributed by atoms with Crippen molar-refractivity contribution in [3.8, 4) is 5.75 Å². The van der Waals surface area contributed by atoms with Crippen LogP contribution in [0, 0.1) is 0 Å². The quantitative estimate of drug-likeness (QED) is 0.741. The van der Waals surface area contributed by atoms with E-state index >= 15 is 0 Å². The van der Waals surface area contributed by atoms with Gasteiger partial charge in [-0.2, -0.15) is 0 Å². The van der Waals surface area contributed by atoms with Gasteiger partial charge in [-0.1, -0.05) is 24.3 Å². The van der Waals surface area contributed by atoms with Crippen LogP contribution in [0.3, 0.4) is 0 Å². The van der Waals surface area contributed by atoms with Crippen molar-refractivity contribution in [1.29, 1.82) is 0 Å². The molecule has 2 nitrogen and oxygen atoms in total. The molecule has 0 aliphatic rings. The van der Waals surface area contributed by atoms with Crippen molar-refractivity contribution in [2.75, 3.05) is 13.7 Å². The number of hydrogen-bond acceptors (Lipinski definition) is 2. The second-order valence-corrected chi connectivity index (χ2v) is 4.50. The minimum absolute atomic E-state index is 0.722. The molecule has 2 aromatic carbocycles. The molecule has 0 spiro atoms. The van der Waals surface area contributed by atoms with E-state index in [1.807, 2.05) is 19.9 Å². The number of allylic oxidation sites excluding steroid dienone is 2. The third-order valence-corrected chi connectivity index (χ3v) is 3.11. The molecule has 0 saturated heterocycles. The standard InChI is InChI=1S/C17H20O2/c1-4-19-13(2)5-6-14-7-8-16-12-17(18-3)10-9-15(16)11-14/h5,7-12H,4,6H2,1-3H3/b13-5-. The Morgan fingerprint density at radius 2 is 1.84 bits per heavy atom. The number of rotatable bonds is 5. The van der Waals surface area contributed by atoms with Gasteiger partial charge in [0.2, 0.25) is 0 Å². The second-order valence-electron chi connectivity index (χ2n) is 4.50. The van der Waals surface area contributed by atoms with Gasteiger partial charge in [0.1, 0.15) is 5.75 Å². The summed E-state index contributed by atoms with van der Waals surface area (Å²) < 4.78 is 10.7. The highest BCUT2D eigenvalue weighted by Gasteiger charge is 1.98. The first kappa shape index (κ1) is 13.5. The van der Waals surface area contributed by atoms with E-state index in [0.717, 1.165) is 24.5 Å². The fourth-order valence-corrected chi connectivity index (χ4v) is 2.08. The summed E-state index contributed by atoms with van der Waals surface area (Å²) in [5.74, 6) is 1.88. The molecule has 100 valence electrons. The van der Waals surface area contributed by atoms with Crippen LogP contribution in [0.25, 0.3) is 10.8 Å². The Labute approximate surface area is 114 Å². The Morgan fingerprint density at radius 3 is 2.58 bits per heavy atom. The molecule has 0 aliphatic carbocycles. The fourth-order valence-electron chi connectivity index (χ4n) is 2.08. The maximum absolute atomic E-state index is 5.43. The van der Waals surface area contributed by atoms with Crippen molar-refractivity contribution in [2.45, 2.75) is 20.3 Å². The lowest BCUT2D eigenvalue weighted by atomic mass is 10.0. The van der Waals surface area contributed by atoms with Crippen LogP contribution in [0.4, 0.5) is 0 Å². The van der Waals surface area contributed by atoms with Crippen molar-refractivity contribution >= 4 is 10.8 Å². The van der Waals surface area contributed by atoms with Crippen molar-refractivity contribution in [3.63, 3.8) is 0 Å². The Balaban J connectivity index is 2.20. The first-order valence-corrected chi connectivity index (χ1v) is 6.59. The summed E-state index contributed by atoms with van der Waals surface area (Å²) in [6, 6.07) is 12.6. The molecule has 2 aromatic rings. The lowest BCUT2D eigenvalue weighted by Gasteiger charge is -2.05. The lowest BCUT2D eigenvalue weighted by Crippen LogP contribution is -1.89. The topological polar surface area (TPSA) is 18.5 Å². The van der Waals surface area contributed by atoms with Gasteiger partial charge in [0.25, 0.3) is 0 Å². The minimum Gasteiger partial charge on any atom is -0.499 e. The highest BCUT2D eigenvalue weighted by Crippen LogP contribution is 2.22. The number of fused-ring (bicyclic) bond motifs is 1. The zero-order chi connectivity index (χ0) is 13.7. The summed E-state index contributed by atoms with van der Waals surface area (Å²) in [7, 11) is 1.69. The monoisotopic (exact) mass is 256 g/mol. The molecule has 0 radical (unpaired) electrons. The van der Waals surface area contributed by atoms with Crippen LogP contribution in [-0.4, -0.2) is 13.7 Å². The number of ether oxygens (including phenoxy) is 2. The molecule has 2 heteroatoms. The highest BCUT2D eigenvalue weighted by atomic mass is 16.5. The summed E-state index contributed by atoms with van der Waals surface area (Å²) in [6.45, 7) is 4.72. The van der Waals surface area contributed by atoms with Gasteiger partial charge in [-0.3, -0.25) is 0 Å². The molecule has 0 saturated carbocycles. The molecule has 0 bridgehead atoms. The summed E-state index contributed by atoms with van der Waals surface area (Å²) in [5.41, 5.74) is 1.29. The summed E-state index contributed by atoms with van der Waals surface area (Å²) in [6.07, 6.45) is 3.02. The molecule has 0 fully saturated rings. The highest BCUT2D eigenvalue weighted by molar-refractivity contribution is 5.84. The smallest absolute Gasteiger partial charge is 0.119 e. The van der Waals surface area contributed by atoms with E-state index in [1.165, 1.54) is 16.3 Å². The lowest BCUT2D eigenvalue weighted by molar-refractivity contribution is 0.230. The molecule has 0 atom stereocenters. The Kier molecular flexibility index (Phi) is 4.45. The molecular formula is C17H20O2. The Bertz CT molecular complexity index is 585. The maximum atomic E-state index is 5.43. The van der Waals surface area contributed by atoms with E-state index in [2.05, 4.69) is 36.4 Å². The van der Waals surface area contributed by atoms with E-state index in [0.29, 0.717) is 0 Å². The van der Waals surface area contributed by atoms with E-state index in [1.54, 1.807) is 7.11 Å². The van der Waals surface area contributed by atoms with Crippen molar-refractivity contribution in [2.24, 2.45) is 0 Å². The average Bonchev–Trinajstić information content (AvgIpc) is 2.44. The van der Waals surface area contributed by atoms with Crippen LogP contribution < -0.4 is 4.74 Å². The molecule has 0 heterocycles. The largest absolute Gasteiger partial charge is 0.499 e. The van der Waals surface area contributed by atoms with Crippen LogP contribution in [0.2, 0.25) is 0 Å². The normalized spacial score (nSPS) is 11.6. The van der Waals surface area contributed by atoms with Crippen molar-refractivity contribution in [3.05, 3.63) is 53.8 Å². The molecule has 0 amide bonds. The Hall–Kier alpha value is -1.96. The molecular weight excluding hydrogens is 236 g/mol. The van der Waals surface area contributed by atoms with Crippen LogP contribution in [0.5, 0.6) is 5.75 Å². The first-order valence-electron chi connectivity index (χ1n) is 6.59. The molecule has 0 N–H and O–H groups in total. The van der Waals surface area contributed by atoms with Crippen molar-refractivity contribution < 1.29 is 9.47 Å². The SMILES string of the molecule is CCO/C(C)=C\Cc1ccc2cc(OC)ccc2c1. The predicted molar refractivity (Wildman–Crippen MR) is 79.6 cm³/mol. The summed E-state index contributed by atoms with van der Waals surface area (Å²) in [5, 5.41) is 2.44. The van der Waals surface area contributed by atoms with Gasteiger partial charge in [0.05, 0.1) is 19.5 Å². The van der Waals surface area contributed by atoms with E-state index in [-0.39, 0.29) is 0 Å². The zero-order valence-corrected chi connectivity index (χ0v) is 11.8. The molecule has 0 aliphatic heterocycles. The number of benzene rings is 2. The molecule has 2 rings (SSSR count). The molecule has 19 heavy (non-hydrogen) atoms. The predicted octanol–water partition coefficient (Wildman–Crippen LogP) is 4.33. The van der Waals surface area contributed by atoms with Gasteiger partial charge < -0.3 is 9.47 Å². The minimum atomic E-state index is 0.722. The van der Waals surface area contributed by atoms with Gasteiger partial charge in [0, 0.05) is 0 Å². The van der Waals surface area contributed by atoms with Gasteiger partial charge >= 0.3 is 0 Å². The van der Waals surface area contributed by atoms with Gasteiger partial charge in [-0.15, -0.1) is 0 Å². The molecule has 0 unspecified atom stereocenters. The average molecular weight is 256 g/mol. The van der Waals surface area contributed by atoms with Gasteiger partial charge in [0.15, 0.2) is 0 Å². The summed E-state index contributed by atoms with van der Waals surface area (Å²) in [4.78, 5) is 0. The third kappa shape index (κ3) is 3.50. The van der Waals surface area contributed by atoms with Crippen LogP contribution >= 0.6 is 0 Å². The van der Waals surface area contributed by atoms with Crippen LogP contribution in [-0.2, 0) is 11.2 Å². The number of methoxy groups -OCH3 is 1. The zero-order valence-electron chi connectivity index (χ0n) is 11.8. The van der Waals surface area contributed by atoms with Crippen molar-refractivity contribution in [1.82, 2.24) is 0 Å². The first-order chi connectivity index (χ1) is 9.22. The van der Waals surface area contributed by atoms with Gasteiger partial charge in [-0.25, -0.2) is 0 Å². The van der Waals surface area contributed by atoms with E-state index in [4.69, 9.17) is 9.47 Å². The Morgan fingerprint density at radius 1 is 1.11 bits per heavy atom. The van der Waals surface area contributed by atoms with Gasteiger partial charge in [-0.05, 0) is 54.8 Å².